The van der Waals surface area contributed by atoms with Crippen molar-refractivity contribution in [2.45, 2.75) is 12.1 Å². The molecule has 2 heterocycles. The number of nitrogens with zero attached hydrogens (tertiary/aromatic N) is 2. The molecule has 1 N–H and O–H groups in total. The summed E-state index contributed by atoms with van der Waals surface area (Å²) in [6.07, 6.45) is 1.54. The van der Waals surface area contributed by atoms with Crippen molar-refractivity contribution < 1.29 is 4.79 Å². The number of aromatic nitrogens is 3. The second kappa shape index (κ2) is 4.92. The molecule has 0 aromatic carbocycles. The van der Waals surface area contributed by atoms with Gasteiger partial charge in [0, 0.05) is 18.0 Å². The van der Waals surface area contributed by atoms with E-state index in [9.17, 15) is 9.59 Å². The van der Waals surface area contributed by atoms with Crippen LogP contribution in [0.25, 0.3) is 0 Å². The van der Waals surface area contributed by atoms with E-state index in [-0.39, 0.29) is 15.8 Å². The first-order chi connectivity index (χ1) is 8.15. The van der Waals surface area contributed by atoms with Crippen LogP contribution < -0.4 is 5.56 Å². The van der Waals surface area contributed by atoms with Gasteiger partial charge in [-0.1, -0.05) is 6.07 Å². The molecular formula is C11H9N3O2S. The number of pyridine rings is 1. The molecule has 5 nitrogen and oxygen atoms in total. The van der Waals surface area contributed by atoms with E-state index in [1.54, 1.807) is 31.3 Å². The highest BCUT2D eigenvalue weighted by atomic mass is 32.2. The molecular weight excluding hydrogens is 238 g/mol. The van der Waals surface area contributed by atoms with Crippen LogP contribution in [0.5, 0.6) is 0 Å². The fourth-order valence-electron chi connectivity index (χ4n) is 1.22. The van der Waals surface area contributed by atoms with Gasteiger partial charge in [-0.15, -0.1) is 0 Å². The summed E-state index contributed by atoms with van der Waals surface area (Å²) in [5.74, 6) is 0. The van der Waals surface area contributed by atoms with Crippen LogP contribution in [0, 0.1) is 6.92 Å². The van der Waals surface area contributed by atoms with Crippen LogP contribution in [0.15, 0.2) is 40.4 Å². The lowest BCUT2D eigenvalue weighted by molar-refractivity contribution is 0.108. The number of hydrogen-bond donors (Lipinski definition) is 1. The zero-order valence-corrected chi connectivity index (χ0v) is 9.82. The Morgan fingerprint density at radius 3 is 2.88 bits per heavy atom. The van der Waals surface area contributed by atoms with Gasteiger partial charge in [-0.05, 0) is 30.8 Å². The van der Waals surface area contributed by atoms with Crippen molar-refractivity contribution in [2.24, 2.45) is 0 Å². The quantitative estimate of drug-likeness (QED) is 0.641. The first-order valence-corrected chi connectivity index (χ1v) is 5.68. The minimum absolute atomic E-state index is 0.251. The first-order valence-electron chi connectivity index (χ1n) is 4.86. The van der Waals surface area contributed by atoms with Gasteiger partial charge in [0.15, 0.2) is 5.16 Å². The van der Waals surface area contributed by atoms with Crippen LogP contribution in [0.4, 0.5) is 0 Å². The van der Waals surface area contributed by atoms with Crippen molar-refractivity contribution in [2.75, 3.05) is 0 Å². The predicted octanol–water partition coefficient (Wildman–Crippen LogP) is 1.41. The molecule has 0 amide bonds. The Morgan fingerprint density at radius 2 is 2.24 bits per heavy atom. The Labute approximate surface area is 101 Å². The van der Waals surface area contributed by atoms with E-state index in [0.717, 1.165) is 11.8 Å². The average Bonchev–Trinajstić information content (AvgIpc) is 2.28. The molecule has 0 fully saturated rings. The van der Waals surface area contributed by atoms with E-state index in [1.165, 1.54) is 6.07 Å². The monoisotopic (exact) mass is 247 g/mol. The van der Waals surface area contributed by atoms with Crippen LogP contribution in [0.3, 0.4) is 0 Å². The molecule has 2 aromatic rings. The Morgan fingerprint density at radius 1 is 1.41 bits per heavy atom. The Balaban J connectivity index is 2.22. The summed E-state index contributed by atoms with van der Waals surface area (Å²) in [5.41, 5.74) is 0.639. The predicted molar refractivity (Wildman–Crippen MR) is 64.0 cm³/mol. The highest BCUT2D eigenvalue weighted by Crippen LogP contribution is 2.16. The number of nitrogens with one attached hydrogen (secondary N) is 1. The van der Waals surface area contributed by atoms with Crippen molar-refractivity contribution in [1.29, 1.82) is 0 Å². The molecule has 0 aliphatic rings. The highest BCUT2D eigenvalue weighted by Gasteiger charge is 2.10. The molecule has 0 bridgehead atoms. The minimum Gasteiger partial charge on any atom is -0.301 e. The van der Waals surface area contributed by atoms with E-state index < -0.39 is 0 Å². The lowest BCUT2D eigenvalue weighted by Gasteiger charge is -1.99. The van der Waals surface area contributed by atoms with Gasteiger partial charge < -0.3 is 4.98 Å². The summed E-state index contributed by atoms with van der Waals surface area (Å²) >= 11 is 0.857. The van der Waals surface area contributed by atoms with Gasteiger partial charge in [0.25, 0.3) is 5.56 Å². The second-order valence-electron chi connectivity index (χ2n) is 3.30. The lowest BCUT2D eigenvalue weighted by Crippen LogP contribution is -2.09. The number of H-pyrrole nitrogens is 1. The fourth-order valence-corrected chi connectivity index (χ4v) is 1.97. The van der Waals surface area contributed by atoms with E-state index >= 15 is 0 Å². The molecule has 6 heteroatoms. The van der Waals surface area contributed by atoms with Gasteiger partial charge in [0.1, 0.15) is 5.69 Å². The third-order valence-corrected chi connectivity index (χ3v) is 2.69. The maximum atomic E-state index is 11.8. The van der Waals surface area contributed by atoms with Crippen LogP contribution in [-0.4, -0.2) is 20.1 Å². The largest absolute Gasteiger partial charge is 0.301 e. The number of rotatable bonds is 2. The number of carbonyl (C=O) groups excluding carboxylic acids is 1. The van der Waals surface area contributed by atoms with E-state index in [1.807, 2.05) is 0 Å². The van der Waals surface area contributed by atoms with Gasteiger partial charge in [-0.2, -0.15) is 0 Å². The molecule has 2 aromatic heterocycles. The number of thioether (sulfide) groups is 1. The Bertz CT molecular complexity index is 595. The molecule has 0 atom stereocenters. The molecule has 2 rings (SSSR count). The minimum atomic E-state index is -0.270. The van der Waals surface area contributed by atoms with Crippen molar-refractivity contribution in [3.63, 3.8) is 0 Å². The van der Waals surface area contributed by atoms with Crippen LogP contribution in [0.1, 0.15) is 16.2 Å². The van der Waals surface area contributed by atoms with Crippen molar-refractivity contribution in [3.05, 3.63) is 52.2 Å². The smallest absolute Gasteiger partial charge is 0.251 e. The SMILES string of the molecule is Cc1cc(=O)[nH]c(SC(=O)c2ccccn2)n1. The molecule has 0 aliphatic heterocycles. The first kappa shape index (κ1) is 11.5. The van der Waals surface area contributed by atoms with Gasteiger partial charge >= 0.3 is 0 Å². The van der Waals surface area contributed by atoms with Gasteiger partial charge in [-0.3, -0.25) is 14.6 Å². The van der Waals surface area contributed by atoms with Gasteiger partial charge in [0.05, 0.1) is 0 Å². The maximum absolute atomic E-state index is 11.8. The van der Waals surface area contributed by atoms with Crippen LogP contribution in [0.2, 0.25) is 0 Å². The molecule has 0 unspecified atom stereocenters. The summed E-state index contributed by atoms with van der Waals surface area (Å²) in [4.78, 5) is 33.5. The molecule has 0 radical (unpaired) electrons. The molecule has 0 saturated carbocycles. The number of aromatic amines is 1. The lowest BCUT2D eigenvalue weighted by atomic mass is 10.4. The van der Waals surface area contributed by atoms with Crippen LogP contribution >= 0.6 is 11.8 Å². The van der Waals surface area contributed by atoms with Crippen molar-refractivity contribution in [1.82, 2.24) is 15.0 Å². The fraction of sp³-hybridized carbons (Fsp3) is 0.0909. The van der Waals surface area contributed by atoms with E-state index in [2.05, 4.69) is 15.0 Å². The molecule has 17 heavy (non-hydrogen) atoms. The molecule has 0 saturated heterocycles. The number of hydrogen-bond acceptors (Lipinski definition) is 5. The topological polar surface area (TPSA) is 75.7 Å². The average molecular weight is 247 g/mol. The highest BCUT2D eigenvalue weighted by molar-refractivity contribution is 8.14. The van der Waals surface area contributed by atoms with Gasteiger partial charge in [0.2, 0.25) is 5.12 Å². The zero-order chi connectivity index (χ0) is 12.3. The zero-order valence-electron chi connectivity index (χ0n) is 9.01. The Kier molecular flexibility index (Phi) is 3.34. The summed E-state index contributed by atoms with van der Waals surface area (Å²) in [6.45, 7) is 1.70. The van der Waals surface area contributed by atoms with Crippen LogP contribution in [-0.2, 0) is 0 Å². The van der Waals surface area contributed by atoms with E-state index in [4.69, 9.17) is 0 Å². The second-order valence-corrected chi connectivity index (χ2v) is 4.26. The summed E-state index contributed by atoms with van der Waals surface area (Å²) in [7, 11) is 0. The number of aryl methyl sites for hydroxylation is 1. The number of carbonyl (C=O) groups is 1. The Hall–Kier alpha value is -1.95. The molecule has 86 valence electrons. The summed E-state index contributed by atoms with van der Waals surface area (Å²) < 4.78 is 0. The third kappa shape index (κ3) is 3.01. The van der Waals surface area contributed by atoms with E-state index in [0.29, 0.717) is 11.4 Å². The molecule has 0 aliphatic carbocycles. The van der Waals surface area contributed by atoms with Gasteiger partial charge in [-0.25, -0.2) is 4.98 Å². The molecule has 0 spiro atoms. The van der Waals surface area contributed by atoms with Crippen molar-refractivity contribution >= 4 is 16.9 Å². The standard InChI is InChI=1S/C11H9N3O2S/c1-7-6-9(15)14-11(13-7)17-10(16)8-4-2-3-5-12-8/h2-6H,1H3,(H,13,14,15). The normalized spacial score (nSPS) is 10.2. The van der Waals surface area contributed by atoms with Crippen molar-refractivity contribution in [3.8, 4) is 0 Å². The summed E-state index contributed by atoms with van der Waals surface area (Å²) in [5, 5.41) is 0.0324. The summed E-state index contributed by atoms with van der Waals surface area (Å²) in [6, 6.07) is 6.44. The third-order valence-electron chi connectivity index (χ3n) is 1.91. The maximum Gasteiger partial charge on any atom is 0.251 e.